The second-order valence-electron chi connectivity index (χ2n) is 7.57. The van der Waals surface area contributed by atoms with E-state index in [9.17, 15) is 8.78 Å². The number of hydrogen-bond acceptors (Lipinski definition) is 1. The molecule has 3 rings (SSSR count). The third kappa shape index (κ3) is 8.87. The fraction of sp³-hybridized carbons (Fsp3) is 0.636. The molecule has 152 valence electrons. The molecule has 1 aromatic carbocycles. The molecule has 0 heterocycles. The molecule has 0 aromatic heterocycles. The van der Waals surface area contributed by atoms with E-state index in [1.807, 2.05) is 0 Å². The molecule has 0 spiro atoms. The molecule has 1 aromatic rings. The number of hydrogen-bond donors (Lipinski definition) is 0. The monoisotopic (exact) mass is 478 g/mol. The molecular formula is C22H30BrClF2S. The third-order valence-corrected chi connectivity index (χ3v) is 7.77. The molecule has 27 heavy (non-hydrogen) atoms. The van der Waals surface area contributed by atoms with Gasteiger partial charge in [0.15, 0.2) is 0 Å². The first-order valence-corrected chi connectivity index (χ1v) is 12.1. The normalized spacial score (nSPS) is 19.3. The lowest BCUT2D eigenvalue weighted by Gasteiger charge is -2.28. The summed E-state index contributed by atoms with van der Waals surface area (Å²) in [5.74, 6) is -2.92. The summed E-state index contributed by atoms with van der Waals surface area (Å²) in [5.41, 5.74) is 0.528. The largest absolute Gasteiger partial charge is 0.282 e. The van der Waals surface area contributed by atoms with Crippen molar-refractivity contribution >= 4 is 39.3 Å². The highest BCUT2D eigenvalue weighted by Gasteiger charge is 2.31. The van der Waals surface area contributed by atoms with Crippen LogP contribution in [0.15, 0.2) is 35.3 Å². The first-order valence-electron chi connectivity index (χ1n) is 9.99. The maximum atomic E-state index is 13.2. The molecule has 0 atom stereocenters. The first-order chi connectivity index (χ1) is 12.9. The molecule has 0 nitrogen and oxygen atoms in total. The second-order valence-corrected chi connectivity index (χ2v) is 10.6. The van der Waals surface area contributed by atoms with Crippen LogP contribution in [0, 0.1) is 0 Å². The van der Waals surface area contributed by atoms with Crippen LogP contribution in [0.2, 0.25) is 5.02 Å². The van der Waals surface area contributed by atoms with Gasteiger partial charge in [0, 0.05) is 21.9 Å². The fourth-order valence-electron chi connectivity index (χ4n) is 3.63. The van der Waals surface area contributed by atoms with Crippen LogP contribution in [0.1, 0.15) is 69.8 Å². The number of benzene rings is 1. The molecule has 0 bridgehead atoms. The van der Waals surface area contributed by atoms with E-state index in [0.29, 0.717) is 10.6 Å². The number of alkyl halides is 2. The Hall–Kier alpha value is -0.0600. The Morgan fingerprint density at radius 3 is 1.81 bits per heavy atom. The highest BCUT2D eigenvalue weighted by molar-refractivity contribution is 9.11. The van der Waals surface area contributed by atoms with Gasteiger partial charge >= 0.3 is 0 Å². The van der Waals surface area contributed by atoms with Gasteiger partial charge in [-0.3, -0.25) is 0 Å². The van der Waals surface area contributed by atoms with Crippen LogP contribution in [0.5, 0.6) is 0 Å². The van der Waals surface area contributed by atoms with Gasteiger partial charge in [0.25, 0.3) is 5.92 Å². The first kappa shape index (κ1) is 23.2. The topological polar surface area (TPSA) is 0 Å². The maximum absolute atomic E-state index is 13.2. The van der Waals surface area contributed by atoms with E-state index < -0.39 is 5.92 Å². The van der Waals surface area contributed by atoms with Crippen molar-refractivity contribution in [2.75, 3.05) is 0 Å². The number of halogens is 4. The van der Waals surface area contributed by atoms with Gasteiger partial charge in [-0.05, 0) is 59.3 Å². The van der Waals surface area contributed by atoms with Crippen LogP contribution in [0.4, 0.5) is 8.78 Å². The van der Waals surface area contributed by atoms with Gasteiger partial charge in [-0.25, -0.2) is 8.78 Å². The quantitative estimate of drug-likeness (QED) is 0.406. The zero-order valence-corrected chi connectivity index (χ0v) is 19.0. The molecule has 0 unspecified atom stereocenters. The number of allylic oxidation sites excluding steroid dienone is 1. The summed E-state index contributed by atoms with van der Waals surface area (Å²) in [6.07, 6.45) is 14.7. The van der Waals surface area contributed by atoms with Crippen molar-refractivity contribution in [3.63, 3.8) is 0 Å². The second kappa shape index (κ2) is 11.8. The van der Waals surface area contributed by atoms with Gasteiger partial charge in [0.1, 0.15) is 0 Å². The molecule has 2 fully saturated rings. The van der Waals surface area contributed by atoms with E-state index in [1.54, 1.807) is 24.3 Å². The molecule has 0 N–H and O–H groups in total. The lowest BCUT2D eigenvalue weighted by Crippen LogP contribution is -2.18. The van der Waals surface area contributed by atoms with Crippen LogP contribution in [-0.2, 0) is 6.42 Å². The van der Waals surface area contributed by atoms with Gasteiger partial charge in [0.2, 0.25) is 0 Å². The minimum absolute atomic E-state index is 0.306. The molecule has 2 aliphatic rings. The Morgan fingerprint density at radius 1 is 0.963 bits per heavy atom. The molecular weight excluding hydrogens is 450 g/mol. The van der Waals surface area contributed by atoms with E-state index in [-0.39, 0.29) is 10.9 Å². The minimum atomic E-state index is -2.92. The van der Waals surface area contributed by atoms with E-state index in [2.05, 4.69) is 34.3 Å². The van der Waals surface area contributed by atoms with Crippen molar-refractivity contribution in [2.45, 2.75) is 87.1 Å². The predicted octanol–water partition coefficient (Wildman–Crippen LogP) is 8.81. The maximum Gasteiger partial charge on any atom is 0.282 e. The third-order valence-electron chi connectivity index (χ3n) is 5.23. The minimum Gasteiger partial charge on any atom is -0.200 e. The summed E-state index contributed by atoms with van der Waals surface area (Å²) < 4.78 is 26.0. The van der Waals surface area contributed by atoms with Crippen molar-refractivity contribution in [1.82, 2.24) is 0 Å². The lowest BCUT2D eigenvalue weighted by molar-refractivity contribution is 0.0528. The Labute approximate surface area is 180 Å². The van der Waals surface area contributed by atoms with Gasteiger partial charge < -0.3 is 0 Å². The number of rotatable bonds is 5. The van der Waals surface area contributed by atoms with Gasteiger partial charge in [-0.2, -0.15) is 11.8 Å². The standard InChI is InChI=1S/C12H22S.C10H8BrClF2/c1-3-7-11(8-4-1)13-12-9-5-2-6-10-12;1-7(11)10(13,14)6-8-2-4-9(12)5-3-8/h11-12H,1-10H2;2-5H,1,6H2. The molecule has 0 amide bonds. The van der Waals surface area contributed by atoms with E-state index in [1.165, 1.54) is 64.2 Å². The van der Waals surface area contributed by atoms with Crippen LogP contribution >= 0.6 is 39.3 Å². The van der Waals surface area contributed by atoms with Gasteiger partial charge in [0.05, 0.1) is 4.48 Å². The lowest BCUT2D eigenvalue weighted by atomic mass is 10.00. The molecule has 0 saturated heterocycles. The smallest absolute Gasteiger partial charge is 0.200 e. The van der Waals surface area contributed by atoms with Crippen molar-refractivity contribution in [3.8, 4) is 0 Å². The Bertz CT molecular complexity index is 548. The molecule has 5 heteroatoms. The van der Waals surface area contributed by atoms with Gasteiger partial charge in [-0.1, -0.05) is 68.8 Å². The Morgan fingerprint density at radius 2 is 1.41 bits per heavy atom. The predicted molar refractivity (Wildman–Crippen MR) is 120 cm³/mol. The highest BCUT2D eigenvalue weighted by Crippen LogP contribution is 2.36. The van der Waals surface area contributed by atoms with Crippen molar-refractivity contribution in [1.29, 1.82) is 0 Å². The average molecular weight is 480 g/mol. The molecule has 2 aliphatic carbocycles. The van der Waals surface area contributed by atoms with E-state index in [0.717, 1.165) is 10.5 Å². The molecule has 0 radical (unpaired) electrons. The zero-order chi connectivity index (χ0) is 19.7. The van der Waals surface area contributed by atoms with Gasteiger partial charge in [-0.15, -0.1) is 0 Å². The van der Waals surface area contributed by atoms with Crippen LogP contribution in [0.25, 0.3) is 0 Å². The molecule has 2 saturated carbocycles. The van der Waals surface area contributed by atoms with Crippen LogP contribution in [-0.4, -0.2) is 16.4 Å². The molecule has 0 aliphatic heterocycles. The summed E-state index contributed by atoms with van der Waals surface area (Å²) in [4.78, 5) is 0. The van der Waals surface area contributed by atoms with Crippen molar-refractivity contribution in [3.05, 3.63) is 45.9 Å². The van der Waals surface area contributed by atoms with Crippen molar-refractivity contribution < 1.29 is 8.78 Å². The summed E-state index contributed by atoms with van der Waals surface area (Å²) in [6.45, 7) is 3.18. The summed E-state index contributed by atoms with van der Waals surface area (Å²) in [6, 6.07) is 6.33. The zero-order valence-electron chi connectivity index (χ0n) is 15.9. The number of thioether (sulfide) groups is 1. The summed E-state index contributed by atoms with van der Waals surface area (Å²) in [5, 5.41) is 2.61. The Balaban J connectivity index is 0.000000194. The Kier molecular flexibility index (Phi) is 10.2. The van der Waals surface area contributed by atoms with Crippen LogP contribution in [0.3, 0.4) is 0 Å². The fourth-order valence-corrected chi connectivity index (χ4v) is 5.65. The van der Waals surface area contributed by atoms with E-state index >= 15 is 0 Å². The highest BCUT2D eigenvalue weighted by atomic mass is 79.9. The SMILES string of the molecule is C1CCC(SC2CCCCC2)CC1.C=C(Br)C(F)(F)Cc1ccc(Cl)cc1. The van der Waals surface area contributed by atoms with Crippen LogP contribution < -0.4 is 0 Å². The van der Waals surface area contributed by atoms with Crippen molar-refractivity contribution in [2.24, 2.45) is 0 Å². The average Bonchev–Trinajstić information content (AvgIpc) is 2.66. The van der Waals surface area contributed by atoms with E-state index in [4.69, 9.17) is 11.6 Å². The summed E-state index contributed by atoms with van der Waals surface area (Å²) >= 11 is 10.7. The summed E-state index contributed by atoms with van der Waals surface area (Å²) in [7, 11) is 0.